The number of halogens is 1. The molecule has 2 N–H and O–H groups in total. The molecule has 1 aliphatic heterocycles. The smallest absolute Gasteiger partial charge is 0.175 e. The number of piperazine rings is 1. The molecule has 0 unspecified atom stereocenters. The Bertz CT molecular complexity index is 658. The third-order valence-corrected chi connectivity index (χ3v) is 4.29. The highest BCUT2D eigenvalue weighted by molar-refractivity contribution is 6.33. The second-order valence-corrected chi connectivity index (χ2v) is 5.70. The Labute approximate surface area is 134 Å². The van der Waals surface area contributed by atoms with Gasteiger partial charge < -0.3 is 15.4 Å². The van der Waals surface area contributed by atoms with Crippen molar-refractivity contribution < 1.29 is 4.74 Å². The number of aromatic nitrogens is 2. The fourth-order valence-corrected chi connectivity index (χ4v) is 3.11. The highest BCUT2D eigenvalue weighted by atomic mass is 35.5. The average molecular weight is 322 g/mol. The Morgan fingerprint density at radius 3 is 2.68 bits per heavy atom. The van der Waals surface area contributed by atoms with Gasteiger partial charge in [0.2, 0.25) is 0 Å². The monoisotopic (exact) mass is 321 g/mol. The average Bonchev–Trinajstić information content (AvgIpc) is 2.55. The number of rotatable bonds is 4. The van der Waals surface area contributed by atoms with Crippen LogP contribution in [0.25, 0.3) is 10.9 Å². The maximum absolute atomic E-state index is 6.34. The number of fused-ring (bicyclic) bond motifs is 1. The summed E-state index contributed by atoms with van der Waals surface area (Å²) in [6, 6.07) is 5.76. The van der Waals surface area contributed by atoms with Crippen molar-refractivity contribution in [2.75, 3.05) is 51.3 Å². The minimum Gasteiger partial charge on any atom is -0.497 e. The van der Waals surface area contributed by atoms with Crippen molar-refractivity contribution in [2.45, 2.75) is 0 Å². The maximum Gasteiger partial charge on any atom is 0.175 e. The molecule has 0 saturated carbocycles. The third-order valence-electron chi connectivity index (χ3n) is 4.03. The van der Waals surface area contributed by atoms with Crippen molar-refractivity contribution in [2.24, 2.45) is 5.73 Å². The topological polar surface area (TPSA) is 67.5 Å². The van der Waals surface area contributed by atoms with Crippen molar-refractivity contribution in [1.29, 1.82) is 0 Å². The van der Waals surface area contributed by atoms with Gasteiger partial charge in [0.1, 0.15) is 5.75 Å². The van der Waals surface area contributed by atoms with Crippen LogP contribution in [0.2, 0.25) is 5.15 Å². The lowest BCUT2D eigenvalue weighted by Crippen LogP contribution is -2.48. The van der Waals surface area contributed by atoms with E-state index >= 15 is 0 Å². The van der Waals surface area contributed by atoms with Crippen molar-refractivity contribution in [3.05, 3.63) is 23.4 Å². The quantitative estimate of drug-likeness (QED) is 0.917. The molecular formula is C15H20ClN5O. The molecule has 1 aromatic heterocycles. The molecular weight excluding hydrogens is 302 g/mol. The van der Waals surface area contributed by atoms with E-state index < -0.39 is 0 Å². The van der Waals surface area contributed by atoms with E-state index in [1.807, 2.05) is 18.2 Å². The van der Waals surface area contributed by atoms with Gasteiger partial charge in [0.25, 0.3) is 0 Å². The molecule has 2 heterocycles. The minimum absolute atomic E-state index is 0.438. The number of anilines is 1. The van der Waals surface area contributed by atoms with Crippen LogP contribution in [0.4, 0.5) is 5.69 Å². The molecule has 22 heavy (non-hydrogen) atoms. The van der Waals surface area contributed by atoms with Gasteiger partial charge in [-0.25, -0.2) is 0 Å². The van der Waals surface area contributed by atoms with Gasteiger partial charge in [-0.15, -0.1) is 10.2 Å². The number of nitrogens with zero attached hydrogens (tertiary/aromatic N) is 4. The van der Waals surface area contributed by atoms with E-state index in [-0.39, 0.29) is 0 Å². The number of benzene rings is 1. The summed E-state index contributed by atoms with van der Waals surface area (Å²) in [4.78, 5) is 4.63. The van der Waals surface area contributed by atoms with Crippen LogP contribution >= 0.6 is 11.6 Å². The van der Waals surface area contributed by atoms with Crippen LogP contribution in [0.15, 0.2) is 18.2 Å². The van der Waals surface area contributed by atoms with E-state index in [2.05, 4.69) is 20.0 Å². The van der Waals surface area contributed by atoms with E-state index in [1.54, 1.807) is 7.11 Å². The minimum atomic E-state index is 0.438. The van der Waals surface area contributed by atoms with Crippen LogP contribution in [0.3, 0.4) is 0 Å². The van der Waals surface area contributed by atoms with Crippen LogP contribution < -0.4 is 15.4 Å². The third kappa shape index (κ3) is 2.95. The van der Waals surface area contributed by atoms with Gasteiger partial charge >= 0.3 is 0 Å². The van der Waals surface area contributed by atoms with Crippen molar-refractivity contribution in [1.82, 2.24) is 15.1 Å². The Hall–Kier alpha value is -1.63. The SMILES string of the molecule is COc1ccc2nnc(Cl)c(N3CCN(CCN)CC3)c2c1. The molecule has 0 aliphatic carbocycles. The number of hydrogen-bond acceptors (Lipinski definition) is 6. The van der Waals surface area contributed by atoms with Crippen LogP contribution in [0.5, 0.6) is 5.75 Å². The van der Waals surface area contributed by atoms with E-state index in [9.17, 15) is 0 Å². The molecule has 118 valence electrons. The van der Waals surface area contributed by atoms with Crippen LogP contribution in [-0.4, -0.2) is 61.5 Å². The lowest BCUT2D eigenvalue weighted by atomic mass is 10.1. The van der Waals surface area contributed by atoms with Gasteiger partial charge in [-0.2, -0.15) is 0 Å². The Balaban J connectivity index is 1.94. The zero-order chi connectivity index (χ0) is 15.5. The summed E-state index contributed by atoms with van der Waals surface area (Å²) in [6.45, 7) is 5.38. The summed E-state index contributed by atoms with van der Waals surface area (Å²) in [5, 5.41) is 9.67. The largest absolute Gasteiger partial charge is 0.497 e. The number of nitrogens with two attached hydrogens (primary N) is 1. The predicted octanol–water partition coefficient (Wildman–Crippen LogP) is 1.37. The molecule has 1 aromatic carbocycles. The van der Waals surface area contributed by atoms with Crippen LogP contribution in [0, 0.1) is 0 Å². The highest BCUT2D eigenvalue weighted by Gasteiger charge is 2.21. The van der Waals surface area contributed by atoms with Crippen LogP contribution in [0.1, 0.15) is 0 Å². The molecule has 2 aromatic rings. The van der Waals surface area contributed by atoms with E-state index in [0.29, 0.717) is 11.7 Å². The first kappa shape index (κ1) is 15.3. The molecule has 1 saturated heterocycles. The van der Waals surface area contributed by atoms with Gasteiger partial charge in [0, 0.05) is 44.7 Å². The lowest BCUT2D eigenvalue weighted by Gasteiger charge is -2.36. The summed E-state index contributed by atoms with van der Waals surface area (Å²) in [5.41, 5.74) is 7.39. The lowest BCUT2D eigenvalue weighted by molar-refractivity contribution is 0.265. The van der Waals surface area contributed by atoms with Gasteiger partial charge in [0.05, 0.1) is 18.3 Å². The van der Waals surface area contributed by atoms with Gasteiger partial charge in [-0.05, 0) is 18.2 Å². The molecule has 3 rings (SSSR count). The summed E-state index contributed by atoms with van der Waals surface area (Å²) >= 11 is 6.34. The van der Waals surface area contributed by atoms with Crippen molar-refractivity contribution in [3.8, 4) is 5.75 Å². The molecule has 0 bridgehead atoms. The fraction of sp³-hybridized carbons (Fsp3) is 0.467. The van der Waals surface area contributed by atoms with Crippen molar-refractivity contribution in [3.63, 3.8) is 0 Å². The first-order valence-corrected chi connectivity index (χ1v) is 7.78. The Morgan fingerprint density at radius 2 is 2.00 bits per heavy atom. The van der Waals surface area contributed by atoms with Crippen LogP contribution in [-0.2, 0) is 0 Å². The summed E-state index contributed by atoms with van der Waals surface area (Å²) in [6.07, 6.45) is 0. The summed E-state index contributed by atoms with van der Waals surface area (Å²) < 4.78 is 5.32. The zero-order valence-corrected chi connectivity index (χ0v) is 13.4. The number of ether oxygens (including phenoxy) is 1. The molecule has 7 heteroatoms. The molecule has 6 nitrogen and oxygen atoms in total. The molecule has 0 atom stereocenters. The van der Waals surface area contributed by atoms with Crippen molar-refractivity contribution >= 4 is 28.2 Å². The number of methoxy groups -OCH3 is 1. The van der Waals surface area contributed by atoms with E-state index in [1.165, 1.54) is 0 Å². The molecule has 0 spiro atoms. The van der Waals surface area contributed by atoms with Gasteiger partial charge in [-0.3, -0.25) is 4.90 Å². The fourth-order valence-electron chi connectivity index (χ4n) is 2.85. The normalized spacial score (nSPS) is 16.2. The van der Waals surface area contributed by atoms with E-state index in [0.717, 1.165) is 55.1 Å². The highest BCUT2D eigenvalue weighted by Crippen LogP contribution is 2.34. The van der Waals surface area contributed by atoms with Gasteiger partial charge in [-0.1, -0.05) is 11.6 Å². The van der Waals surface area contributed by atoms with Gasteiger partial charge in [0.15, 0.2) is 5.15 Å². The standard InChI is InChI=1S/C15H20ClN5O/c1-22-11-2-3-13-12(10-11)14(15(16)19-18-13)21-8-6-20(5-4-17)7-9-21/h2-3,10H,4-9,17H2,1H3. The second kappa shape index (κ2) is 6.64. The molecule has 1 fully saturated rings. The molecule has 0 amide bonds. The Kier molecular flexibility index (Phi) is 4.61. The summed E-state index contributed by atoms with van der Waals surface area (Å²) in [7, 11) is 1.66. The predicted molar refractivity (Wildman–Crippen MR) is 88.8 cm³/mol. The molecule has 1 aliphatic rings. The first-order valence-electron chi connectivity index (χ1n) is 7.40. The zero-order valence-electron chi connectivity index (χ0n) is 12.6. The second-order valence-electron chi connectivity index (χ2n) is 5.34. The first-order chi connectivity index (χ1) is 10.7. The Morgan fingerprint density at radius 1 is 1.23 bits per heavy atom. The summed E-state index contributed by atoms with van der Waals surface area (Å²) in [5.74, 6) is 0.791. The maximum atomic E-state index is 6.34. The van der Waals surface area contributed by atoms with E-state index in [4.69, 9.17) is 22.1 Å². The molecule has 0 radical (unpaired) electrons. The number of hydrogen-bond donors (Lipinski definition) is 1.